The van der Waals surface area contributed by atoms with E-state index in [1.807, 2.05) is 25.1 Å². The Balaban J connectivity index is 2.34. The molecule has 0 saturated carbocycles. The molecular formula is C17H23N3O3. The lowest BCUT2D eigenvalue weighted by Gasteiger charge is -2.26. The molecule has 6 heteroatoms. The first kappa shape index (κ1) is 17.1. The molecule has 0 radical (unpaired) electrons. The zero-order chi connectivity index (χ0) is 17.0. The van der Waals surface area contributed by atoms with Gasteiger partial charge in [-0.3, -0.25) is 14.6 Å². The highest BCUT2D eigenvalue weighted by molar-refractivity contribution is 6.08. The number of nitrogens with zero attached hydrogens (tertiary/aromatic N) is 3. The number of aliphatic hydroxyl groups excluding tert-OH is 1. The summed E-state index contributed by atoms with van der Waals surface area (Å²) in [5.74, 6) is -1.14. The van der Waals surface area contributed by atoms with Crippen LogP contribution in [0.15, 0.2) is 35.7 Å². The average molecular weight is 317 g/mol. The molecule has 0 spiro atoms. The zero-order valence-electron chi connectivity index (χ0n) is 13.8. The summed E-state index contributed by atoms with van der Waals surface area (Å²) < 4.78 is 0. The van der Waals surface area contributed by atoms with Crippen molar-refractivity contribution >= 4 is 11.7 Å². The Hall–Kier alpha value is -2.21. The third kappa shape index (κ3) is 3.59. The van der Waals surface area contributed by atoms with Crippen molar-refractivity contribution in [2.24, 2.45) is 0 Å². The number of hydrogen-bond acceptors (Lipinski definition) is 5. The van der Waals surface area contributed by atoms with Crippen molar-refractivity contribution in [3.05, 3.63) is 41.4 Å². The van der Waals surface area contributed by atoms with E-state index in [0.29, 0.717) is 12.2 Å². The molecule has 1 aromatic rings. The van der Waals surface area contributed by atoms with Crippen molar-refractivity contribution in [3.63, 3.8) is 0 Å². The van der Waals surface area contributed by atoms with E-state index < -0.39 is 17.7 Å². The molecule has 1 aliphatic rings. The fourth-order valence-electron chi connectivity index (χ4n) is 2.76. The molecule has 2 heterocycles. The molecule has 6 nitrogen and oxygen atoms in total. The predicted molar refractivity (Wildman–Crippen MR) is 86.8 cm³/mol. The zero-order valence-corrected chi connectivity index (χ0v) is 13.8. The Bertz CT molecular complexity index is 611. The smallest absolute Gasteiger partial charge is 0.290 e. The maximum Gasteiger partial charge on any atom is 0.290 e. The molecule has 1 atom stereocenters. The fraction of sp³-hybridized carbons (Fsp3) is 0.471. The van der Waals surface area contributed by atoms with Crippen LogP contribution in [-0.4, -0.2) is 58.8 Å². The standard InChI is InChI=1S/C17H23N3O3/c1-4-13(21)14-15(12-8-5-6-9-18-12)20(17(23)16(14)22)11-7-10-19(2)3/h5-6,8-9,15,22H,4,7,10-11H2,1-3H3. The minimum Gasteiger partial charge on any atom is -0.503 e. The Kier molecular flexibility index (Phi) is 5.50. The van der Waals surface area contributed by atoms with Gasteiger partial charge in [-0.05, 0) is 39.2 Å². The van der Waals surface area contributed by atoms with E-state index in [1.165, 1.54) is 0 Å². The van der Waals surface area contributed by atoms with Crippen LogP contribution < -0.4 is 0 Å². The van der Waals surface area contributed by atoms with Gasteiger partial charge in [0.2, 0.25) is 0 Å². The highest BCUT2D eigenvalue weighted by Crippen LogP contribution is 2.37. The Morgan fingerprint density at radius 1 is 1.39 bits per heavy atom. The molecule has 1 aliphatic heterocycles. The van der Waals surface area contributed by atoms with Gasteiger partial charge in [-0.2, -0.15) is 0 Å². The largest absolute Gasteiger partial charge is 0.503 e. The molecular weight excluding hydrogens is 294 g/mol. The highest BCUT2D eigenvalue weighted by Gasteiger charge is 2.43. The lowest BCUT2D eigenvalue weighted by molar-refractivity contribution is -0.129. The second-order valence-electron chi connectivity index (χ2n) is 5.85. The van der Waals surface area contributed by atoms with Crippen molar-refractivity contribution < 1.29 is 14.7 Å². The molecule has 0 aliphatic carbocycles. The molecule has 1 amide bonds. The summed E-state index contributed by atoms with van der Waals surface area (Å²) in [5, 5.41) is 10.2. The van der Waals surface area contributed by atoms with E-state index in [1.54, 1.807) is 30.2 Å². The number of rotatable bonds is 7. The van der Waals surface area contributed by atoms with Gasteiger partial charge in [0.25, 0.3) is 5.91 Å². The van der Waals surface area contributed by atoms with E-state index in [4.69, 9.17) is 0 Å². The molecule has 1 unspecified atom stereocenters. The second-order valence-corrected chi connectivity index (χ2v) is 5.85. The normalized spacial score (nSPS) is 18.2. The molecule has 1 aromatic heterocycles. The monoisotopic (exact) mass is 317 g/mol. The second kappa shape index (κ2) is 7.37. The third-order valence-electron chi connectivity index (χ3n) is 3.90. The quantitative estimate of drug-likeness (QED) is 0.829. The van der Waals surface area contributed by atoms with Crippen molar-refractivity contribution in [1.82, 2.24) is 14.8 Å². The van der Waals surface area contributed by atoms with E-state index in [9.17, 15) is 14.7 Å². The molecule has 0 bridgehead atoms. The van der Waals surface area contributed by atoms with Gasteiger partial charge in [0.1, 0.15) is 6.04 Å². The van der Waals surface area contributed by atoms with Gasteiger partial charge >= 0.3 is 0 Å². The lowest BCUT2D eigenvalue weighted by Crippen LogP contribution is -2.33. The van der Waals surface area contributed by atoms with Crippen LogP contribution in [0, 0.1) is 0 Å². The third-order valence-corrected chi connectivity index (χ3v) is 3.90. The molecule has 124 valence electrons. The fourth-order valence-corrected chi connectivity index (χ4v) is 2.76. The van der Waals surface area contributed by atoms with Crippen LogP contribution in [0.2, 0.25) is 0 Å². The van der Waals surface area contributed by atoms with Gasteiger partial charge in [-0.1, -0.05) is 13.0 Å². The van der Waals surface area contributed by atoms with Gasteiger partial charge in [-0.15, -0.1) is 0 Å². The van der Waals surface area contributed by atoms with Crippen LogP contribution >= 0.6 is 0 Å². The molecule has 1 N–H and O–H groups in total. The number of aliphatic hydroxyl groups is 1. The summed E-state index contributed by atoms with van der Waals surface area (Å²) in [4.78, 5) is 32.5. The molecule has 0 aromatic carbocycles. The number of amides is 1. The number of carbonyl (C=O) groups is 2. The topological polar surface area (TPSA) is 73.7 Å². The summed E-state index contributed by atoms with van der Waals surface area (Å²) in [7, 11) is 3.92. The SMILES string of the molecule is CCC(=O)C1=C(O)C(=O)N(CCCN(C)C)C1c1ccccn1. The summed E-state index contributed by atoms with van der Waals surface area (Å²) >= 11 is 0. The van der Waals surface area contributed by atoms with Crippen LogP contribution in [0.1, 0.15) is 31.5 Å². The van der Waals surface area contributed by atoms with Crippen molar-refractivity contribution in [2.75, 3.05) is 27.2 Å². The summed E-state index contributed by atoms with van der Waals surface area (Å²) in [6.07, 6.45) is 2.62. The number of aromatic nitrogens is 1. The number of carbonyl (C=O) groups excluding carboxylic acids is 2. The van der Waals surface area contributed by atoms with Gasteiger partial charge < -0.3 is 14.9 Å². The van der Waals surface area contributed by atoms with E-state index in [0.717, 1.165) is 13.0 Å². The maximum atomic E-state index is 12.4. The first-order valence-corrected chi connectivity index (χ1v) is 7.80. The van der Waals surface area contributed by atoms with E-state index >= 15 is 0 Å². The molecule has 0 saturated heterocycles. The first-order valence-electron chi connectivity index (χ1n) is 7.80. The summed E-state index contributed by atoms with van der Waals surface area (Å²) in [6.45, 7) is 3.00. The van der Waals surface area contributed by atoms with Crippen molar-refractivity contribution in [3.8, 4) is 0 Å². The van der Waals surface area contributed by atoms with Gasteiger partial charge in [-0.25, -0.2) is 0 Å². The minimum absolute atomic E-state index is 0.168. The van der Waals surface area contributed by atoms with E-state index in [2.05, 4.69) is 4.98 Å². The Labute approximate surface area is 136 Å². The van der Waals surface area contributed by atoms with Crippen molar-refractivity contribution in [2.45, 2.75) is 25.8 Å². The van der Waals surface area contributed by atoms with Crippen LogP contribution in [0.3, 0.4) is 0 Å². The minimum atomic E-state index is -0.599. The van der Waals surface area contributed by atoms with Crippen molar-refractivity contribution in [1.29, 1.82) is 0 Å². The average Bonchev–Trinajstić information content (AvgIpc) is 2.79. The lowest BCUT2D eigenvalue weighted by atomic mass is 9.98. The Morgan fingerprint density at radius 2 is 2.13 bits per heavy atom. The summed E-state index contributed by atoms with van der Waals surface area (Å²) in [5.41, 5.74) is 0.771. The van der Waals surface area contributed by atoms with Gasteiger partial charge in [0.15, 0.2) is 11.5 Å². The molecule has 0 fully saturated rings. The Morgan fingerprint density at radius 3 is 2.70 bits per heavy atom. The maximum absolute atomic E-state index is 12.4. The van der Waals surface area contributed by atoms with Gasteiger partial charge in [0, 0.05) is 19.2 Å². The highest BCUT2D eigenvalue weighted by atomic mass is 16.3. The number of Topliss-reactive ketones (excluding diaryl/α,β-unsaturated/α-hetero) is 1. The summed E-state index contributed by atoms with van der Waals surface area (Å²) in [6, 6.07) is 4.77. The van der Waals surface area contributed by atoms with Crippen LogP contribution in [0.4, 0.5) is 0 Å². The number of hydrogen-bond donors (Lipinski definition) is 1. The van der Waals surface area contributed by atoms with Crippen LogP contribution in [-0.2, 0) is 9.59 Å². The predicted octanol–water partition coefficient (Wildman–Crippen LogP) is 1.71. The van der Waals surface area contributed by atoms with Gasteiger partial charge in [0.05, 0.1) is 11.3 Å². The number of ketones is 1. The first-order chi connectivity index (χ1) is 11.0. The van der Waals surface area contributed by atoms with Crippen LogP contribution in [0.5, 0.6) is 0 Å². The van der Waals surface area contributed by atoms with E-state index in [-0.39, 0.29) is 17.8 Å². The molecule has 23 heavy (non-hydrogen) atoms. The van der Waals surface area contributed by atoms with Crippen LogP contribution in [0.25, 0.3) is 0 Å². The molecule has 2 rings (SSSR count). The number of pyridine rings is 1.